The van der Waals surface area contributed by atoms with Crippen molar-refractivity contribution >= 4 is 27.5 Å². The molecule has 2 fully saturated rings. The second-order valence-electron chi connectivity index (χ2n) is 8.73. The van der Waals surface area contributed by atoms with Gasteiger partial charge in [-0.2, -0.15) is 0 Å². The maximum absolute atomic E-state index is 12.6. The monoisotopic (exact) mass is 406 g/mol. The van der Waals surface area contributed by atoms with Gasteiger partial charge in [0.1, 0.15) is 5.54 Å². The van der Waals surface area contributed by atoms with E-state index in [2.05, 4.69) is 45.6 Å². The molecule has 3 atom stereocenters. The van der Waals surface area contributed by atoms with Crippen LogP contribution < -0.4 is 10.6 Å². The SMILES string of the molecule is Cc1ccc(NC(C)(C)C(=O)NCCC2C[C@@H]3CC[C@@](Br)(C2)C3)cc1. The first-order valence-corrected chi connectivity index (χ1v) is 10.4. The molecule has 2 bridgehead atoms. The number of carbonyl (C=O) groups is 1. The molecule has 2 aliphatic rings. The van der Waals surface area contributed by atoms with Crippen molar-refractivity contribution in [2.75, 3.05) is 11.9 Å². The zero-order chi connectivity index (χ0) is 18.1. The highest BCUT2D eigenvalue weighted by molar-refractivity contribution is 9.10. The average molecular weight is 407 g/mol. The number of amides is 1. The van der Waals surface area contributed by atoms with Crippen molar-refractivity contribution in [2.24, 2.45) is 11.8 Å². The Labute approximate surface area is 160 Å². The maximum atomic E-state index is 12.6. The van der Waals surface area contributed by atoms with Crippen LogP contribution >= 0.6 is 15.9 Å². The number of aryl methyl sites for hydroxylation is 1. The van der Waals surface area contributed by atoms with Gasteiger partial charge in [-0.15, -0.1) is 0 Å². The van der Waals surface area contributed by atoms with E-state index in [0.29, 0.717) is 4.32 Å². The molecule has 0 radical (unpaired) electrons. The lowest BCUT2D eigenvalue weighted by molar-refractivity contribution is -0.124. The first-order valence-electron chi connectivity index (χ1n) is 9.58. The molecule has 2 aliphatic carbocycles. The summed E-state index contributed by atoms with van der Waals surface area (Å²) in [5, 5.41) is 6.49. The van der Waals surface area contributed by atoms with Crippen molar-refractivity contribution < 1.29 is 4.79 Å². The Kier molecular flexibility index (Phi) is 5.48. The summed E-state index contributed by atoms with van der Waals surface area (Å²) in [7, 11) is 0. The predicted molar refractivity (Wildman–Crippen MR) is 108 cm³/mol. The van der Waals surface area contributed by atoms with E-state index in [0.717, 1.165) is 30.5 Å². The van der Waals surface area contributed by atoms with Crippen LogP contribution in [0.25, 0.3) is 0 Å². The van der Waals surface area contributed by atoms with E-state index >= 15 is 0 Å². The van der Waals surface area contributed by atoms with Gasteiger partial charge >= 0.3 is 0 Å². The first kappa shape index (κ1) is 18.8. The number of alkyl halides is 1. The topological polar surface area (TPSA) is 41.1 Å². The Hall–Kier alpha value is -1.03. The summed E-state index contributed by atoms with van der Waals surface area (Å²) < 4.78 is 0.400. The van der Waals surface area contributed by atoms with E-state index in [1.54, 1.807) is 0 Å². The van der Waals surface area contributed by atoms with Gasteiger partial charge in [0.15, 0.2) is 0 Å². The second kappa shape index (κ2) is 7.30. The predicted octanol–water partition coefficient (Wildman–Crippen LogP) is 5.04. The second-order valence-corrected chi connectivity index (χ2v) is 10.4. The van der Waals surface area contributed by atoms with Gasteiger partial charge in [-0.25, -0.2) is 0 Å². The molecule has 2 N–H and O–H groups in total. The van der Waals surface area contributed by atoms with Crippen molar-refractivity contribution in [3.05, 3.63) is 29.8 Å². The molecule has 3 nitrogen and oxygen atoms in total. The number of fused-ring (bicyclic) bond motifs is 2. The molecule has 1 aromatic carbocycles. The van der Waals surface area contributed by atoms with Crippen molar-refractivity contribution in [1.82, 2.24) is 5.32 Å². The van der Waals surface area contributed by atoms with Crippen molar-refractivity contribution in [3.8, 4) is 0 Å². The number of hydrogen-bond acceptors (Lipinski definition) is 2. The molecule has 3 rings (SSSR count). The Morgan fingerprint density at radius 3 is 2.68 bits per heavy atom. The first-order chi connectivity index (χ1) is 11.8. The van der Waals surface area contributed by atoms with Gasteiger partial charge in [0.25, 0.3) is 0 Å². The minimum atomic E-state index is -0.614. The lowest BCUT2D eigenvalue weighted by Crippen LogP contribution is -2.48. The van der Waals surface area contributed by atoms with Crippen LogP contribution in [0.15, 0.2) is 24.3 Å². The van der Waals surface area contributed by atoms with Gasteiger partial charge in [0.05, 0.1) is 0 Å². The number of benzene rings is 1. The molecule has 1 aromatic rings. The standard InChI is InChI=1S/C21H31BrN2O/c1-15-4-6-18(7-5-15)24-20(2,3)19(25)23-11-9-17-12-16-8-10-21(22,13-16)14-17/h4-7,16-17,24H,8-14H2,1-3H3,(H,23,25)/t16-,17?,21-/m0/s1. The molecule has 1 amide bonds. The van der Waals surface area contributed by atoms with Crippen molar-refractivity contribution in [3.63, 3.8) is 0 Å². The zero-order valence-electron chi connectivity index (χ0n) is 15.7. The number of carbonyl (C=O) groups excluding carboxylic acids is 1. The fourth-order valence-electron chi connectivity index (χ4n) is 4.53. The van der Waals surface area contributed by atoms with Crippen LogP contribution in [-0.4, -0.2) is 22.3 Å². The number of nitrogens with one attached hydrogen (secondary N) is 2. The third-order valence-corrected chi connectivity index (χ3v) is 6.93. The summed E-state index contributed by atoms with van der Waals surface area (Å²) in [5.41, 5.74) is 1.59. The lowest BCUT2D eigenvalue weighted by Gasteiger charge is -2.34. The highest BCUT2D eigenvalue weighted by Crippen LogP contribution is 2.52. The summed E-state index contributed by atoms with van der Waals surface area (Å²) in [4.78, 5) is 12.6. The third kappa shape index (κ3) is 4.78. The molecule has 25 heavy (non-hydrogen) atoms. The highest BCUT2D eigenvalue weighted by atomic mass is 79.9. The molecular weight excluding hydrogens is 376 g/mol. The van der Waals surface area contributed by atoms with Crippen LogP contribution in [0.3, 0.4) is 0 Å². The normalized spacial score (nSPS) is 28.6. The molecule has 0 saturated heterocycles. The van der Waals surface area contributed by atoms with Crippen molar-refractivity contribution in [2.45, 2.75) is 69.2 Å². The van der Waals surface area contributed by atoms with Crippen LogP contribution in [0.4, 0.5) is 5.69 Å². The van der Waals surface area contributed by atoms with E-state index in [1.807, 2.05) is 26.0 Å². The molecular formula is C21H31BrN2O. The minimum Gasteiger partial charge on any atom is -0.372 e. The quantitative estimate of drug-likeness (QED) is 0.649. The van der Waals surface area contributed by atoms with E-state index < -0.39 is 5.54 Å². The largest absolute Gasteiger partial charge is 0.372 e. The zero-order valence-corrected chi connectivity index (χ0v) is 17.3. The van der Waals surface area contributed by atoms with Gasteiger partial charge in [-0.05, 0) is 83.3 Å². The molecule has 2 saturated carbocycles. The Morgan fingerprint density at radius 2 is 2.00 bits per heavy atom. The van der Waals surface area contributed by atoms with E-state index in [-0.39, 0.29) is 5.91 Å². The van der Waals surface area contributed by atoms with Gasteiger partial charge in [-0.1, -0.05) is 33.6 Å². The van der Waals surface area contributed by atoms with Crippen LogP contribution in [0.5, 0.6) is 0 Å². The van der Waals surface area contributed by atoms with Gasteiger partial charge in [0, 0.05) is 16.6 Å². The maximum Gasteiger partial charge on any atom is 0.245 e. The molecule has 0 heterocycles. The average Bonchev–Trinajstić information content (AvgIpc) is 2.82. The Balaban J connectivity index is 1.46. The summed E-state index contributed by atoms with van der Waals surface area (Å²) in [6.07, 6.45) is 7.76. The summed E-state index contributed by atoms with van der Waals surface area (Å²) in [5.74, 6) is 1.71. The summed E-state index contributed by atoms with van der Waals surface area (Å²) in [6, 6.07) is 8.17. The van der Waals surface area contributed by atoms with Crippen LogP contribution in [0, 0.1) is 18.8 Å². The van der Waals surface area contributed by atoms with Crippen molar-refractivity contribution in [1.29, 1.82) is 0 Å². The Morgan fingerprint density at radius 1 is 1.28 bits per heavy atom. The van der Waals surface area contributed by atoms with E-state index in [4.69, 9.17) is 0 Å². The molecule has 0 spiro atoms. The van der Waals surface area contributed by atoms with Crippen LogP contribution in [0.1, 0.15) is 57.9 Å². The fraction of sp³-hybridized carbons (Fsp3) is 0.667. The van der Waals surface area contributed by atoms with Crippen LogP contribution in [0.2, 0.25) is 0 Å². The number of hydrogen-bond donors (Lipinski definition) is 2. The highest BCUT2D eigenvalue weighted by Gasteiger charge is 2.43. The number of rotatable bonds is 6. The van der Waals surface area contributed by atoms with Crippen LogP contribution in [-0.2, 0) is 4.79 Å². The van der Waals surface area contributed by atoms with E-state index in [1.165, 1.54) is 37.7 Å². The van der Waals surface area contributed by atoms with Gasteiger partial charge in [0.2, 0.25) is 5.91 Å². The minimum absolute atomic E-state index is 0.0698. The third-order valence-electron chi connectivity index (χ3n) is 5.89. The summed E-state index contributed by atoms with van der Waals surface area (Å²) in [6.45, 7) is 6.72. The molecule has 0 aliphatic heterocycles. The smallest absolute Gasteiger partial charge is 0.245 e. The number of halogens is 1. The molecule has 4 heteroatoms. The van der Waals surface area contributed by atoms with Gasteiger partial charge in [-0.3, -0.25) is 4.79 Å². The molecule has 0 aromatic heterocycles. The lowest BCUT2D eigenvalue weighted by atomic mass is 9.79. The summed E-state index contributed by atoms with van der Waals surface area (Å²) >= 11 is 3.97. The molecule has 138 valence electrons. The number of anilines is 1. The Bertz CT molecular complexity index is 613. The fourth-order valence-corrected chi connectivity index (χ4v) is 5.67. The molecule has 1 unspecified atom stereocenters. The van der Waals surface area contributed by atoms with Gasteiger partial charge < -0.3 is 10.6 Å². The van der Waals surface area contributed by atoms with E-state index in [9.17, 15) is 4.79 Å².